The molecule has 2 aromatic heterocycles. The molecular formula is C14H16N2O. The van der Waals surface area contributed by atoms with Crippen molar-refractivity contribution in [3.8, 4) is 5.75 Å². The second-order valence-electron chi connectivity index (χ2n) is 4.27. The molecule has 2 aromatic rings. The van der Waals surface area contributed by atoms with Gasteiger partial charge in [0.1, 0.15) is 5.75 Å². The summed E-state index contributed by atoms with van der Waals surface area (Å²) in [5, 5.41) is 3.34. The van der Waals surface area contributed by atoms with E-state index >= 15 is 0 Å². The molecule has 0 spiro atoms. The van der Waals surface area contributed by atoms with E-state index in [1.165, 1.54) is 16.7 Å². The first-order chi connectivity index (χ1) is 8.38. The van der Waals surface area contributed by atoms with Crippen molar-refractivity contribution in [3.05, 3.63) is 42.2 Å². The molecule has 0 radical (unpaired) electrons. The summed E-state index contributed by atoms with van der Waals surface area (Å²) in [5.74, 6) is 0.909. The third kappa shape index (κ3) is 1.83. The predicted octanol–water partition coefficient (Wildman–Crippen LogP) is 2.32. The summed E-state index contributed by atoms with van der Waals surface area (Å²) in [6.07, 6.45) is 7.52. The SMILES string of the molecule is COc1ccn2ccc(C3=CCNCC3)c2c1. The first kappa shape index (κ1) is 10.4. The molecule has 3 heterocycles. The topological polar surface area (TPSA) is 25.7 Å². The van der Waals surface area contributed by atoms with Crippen LogP contribution in [0.2, 0.25) is 0 Å². The zero-order valence-corrected chi connectivity index (χ0v) is 9.94. The molecule has 3 rings (SSSR count). The monoisotopic (exact) mass is 228 g/mol. The molecule has 3 nitrogen and oxygen atoms in total. The summed E-state index contributed by atoms with van der Waals surface area (Å²) >= 11 is 0. The van der Waals surface area contributed by atoms with E-state index in [1.807, 2.05) is 12.3 Å². The van der Waals surface area contributed by atoms with E-state index in [1.54, 1.807) is 7.11 Å². The fourth-order valence-corrected chi connectivity index (χ4v) is 2.34. The molecule has 1 aliphatic heterocycles. The van der Waals surface area contributed by atoms with E-state index in [-0.39, 0.29) is 0 Å². The minimum Gasteiger partial charge on any atom is -0.497 e. The molecular weight excluding hydrogens is 212 g/mol. The number of pyridine rings is 1. The maximum atomic E-state index is 5.29. The van der Waals surface area contributed by atoms with Gasteiger partial charge in [0, 0.05) is 30.6 Å². The lowest BCUT2D eigenvalue weighted by atomic mass is 10.0. The zero-order chi connectivity index (χ0) is 11.7. The number of fused-ring (bicyclic) bond motifs is 1. The van der Waals surface area contributed by atoms with E-state index in [9.17, 15) is 0 Å². The molecule has 0 atom stereocenters. The molecule has 0 aromatic carbocycles. The average molecular weight is 228 g/mol. The molecule has 1 N–H and O–H groups in total. The van der Waals surface area contributed by atoms with Crippen LogP contribution in [0.1, 0.15) is 12.0 Å². The van der Waals surface area contributed by atoms with Crippen LogP contribution < -0.4 is 10.1 Å². The van der Waals surface area contributed by atoms with Crippen molar-refractivity contribution in [3.63, 3.8) is 0 Å². The van der Waals surface area contributed by atoms with Crippen LogP contribution in [-0.2, 0) is 0 Å². The highest BCUT2D eigenvalue weighted by atomic mass is 16.5. The van der Waals surface area contributed by atoms with E-state index in [2.05, 4.69) is 34.1 Å². The van der Waals surface area contributed by atoms with Gasteiger partial charge < -0.3 is 14.5 Å². The van der Waals surface area contributed by atoms with Crippen molar-refractivity contribution >= 4 is 11.1 Å². The van der Waals surface area contributed by atoms with Crippen molar-refractivity contribution < 1.29 is 4.74 Å². The number of methoxy groups -OCH3 is 1. The Morgan fingerprint density at radius 2 is 2.18 bits per heavy atom. The van der Waals surface area contributed by atoms with Gasteiger partial charge in [-0.05, 0) is 30.7 Å². The van der Waals surface area contributed by atoms with E-state index in [0.29, 0.717) is 0 Å². The molecule has 0 bridgehead atoms. The van der Waals surface area contributed by atoms with Crippen molar-refractivity contribution in [2.75, 3.05) is 20.2 Å². The lowest BCUT2D eigenvalue weighted by molar-refractivity contribution is 0.414. The van der Waals surface area contributed by atoms with Crippen LogP contribution in [0.4, 0.5) is 0 Å². The Balaban J connectivity index is 2.12. The molecule has 0 unspecified atom stereocenters. The van der Waals surface area contributed by atoms with Crippen molar-refractivity contribution in [1.82, 2.24) is 9.72 Å². The fourth-order valence-electron chi connectivity index (χ4n) is 2.34. The molecule has 3 heteroatoms. The van der Waals surface area contributed by atoms with E-state index in [4.69, 9.17) is 4.74 Å². The number of ether oxygens (including phenoxy) is 1. The van der Waals surface area contributed by atoms with Crippen molar-refractivity contribution in [2.24, 2.45) is 0 Å². The number of hydrogen-bond acceptors (Lipinski definition) is 2. The van der Waals surface area contributed by atoms with Gasteiger partial charge >= 0.3 is 0 Å². The van der Waals surface area contributed by atoms with Gasteiger partial charge in [-0.25, -0.2) is 0 Å². The smallest absolute Gasteiger partial charge is 0.122 e. The molecule has 0 saturated heterocycles. The Morgan fingerprint density at radius 1 is 1.29 bits per heavy atom. The molecule has 0 saturated carbocycles. The normalized spacial score (nSPS) is 15.9. The molecule has 0 aliphatic carbocycles. The first-order valence-electron chi connectivity index (χ1n) is 5.93. The van der Waals surface area contributed by atoms with Crippen LogP contribution in [0.5, 0.6) is 5.75 Å². The average Bonchev–Trinajstić information content (AvgIpc) is 2.82. The third-order valence-electron chi connectivity index (χ3n) is 3.28. The largest absolute Gasteiger partial charge is 0.497 e. The molecule has 0 amide bonds. The van der Waals surface area contributed by atoms with Gasteiger partial charge in [-0.1, -0.05) is 6.08 Å². The molecule has 1 aliphatic rings. The minimum absolute atomic E-state index is 0.909. The maximum Gasteiger partial charge on any atom is 0.122 e. The standard InChI is InChI=1S/C14H16N2O/c1-17-12-4-8-16-9-5-13(14(16)10-12)11-2-6-15-7-3-11/h2,4-5,8-10,15H,3,6-7H2,1H3. The van der Waals surface area contributed by atoms with Crippen LogP contribution in [0.25, 0.3) is 11.1 Å². The highest BCUT2D eigenvalue weighted by Gasteiger charge is 2.10. The second-order valence-corrected chi connectivity index (χ2v) is 4.27. The Kier molecular flexibility index (Phi) is 2.61. The Hall–Kier alpha value is -1.74. The van der Waals surface area contributed by atoms with Crippen LogP contribution in [0.15, 0.2) is 36.7 Å². The summed E-state index contributed by atoms with van der Waals surface area (Å²) in [6, 6.07) is 6.26. The van der Waals surface area contributed by atoms with Gasteiger partial charge in [0.2, 0.25) is 0 Å². The minimum atomic E-state index is 0.909. The Morgan fingerprint density at radius 3 is 2.94 bits per heavy atom. The zero-order valence-electron chi connectivity index (χ0n) is 9.94. The molecule has 17 heavy (non-hydrogen) atoms. The molecule has 0 fully saturated rings. The van der Waals surface area contributed by atoms with Crippen molar-refractivity contribution in [1.29, 1.82) is 0 Å². The van der Waals surface area contributed by atoms with Crippen LogP contribution >= 0.6 is 0 Å². The number of nitrogens with one attached hydrogen (secondary N) is 1. The van der Waals surface area contributed by atoms with Gasteiger partial charge in [-0.2, -0.15) is 0 Å². The summed E-state index contributed by atoms with van der Waals surface area (Å²) < 4.78 is 7.43. The number of rotatable bonds is 2. The lowest BCUT2D eigenvalue weighted by Crippen LogP contribution is -2.19. The maximum absolute atomic E-state index is 5.29. The predicted molar refractivity (Wildman–Crippen MR) is 69.4 cm³/mol. The van der Waals surface area contributed by atoms with Crippen LogP contribution in [0, 0.1) is 0 Å². The van der Waals surface area contributed by atoms with E-state index in [0.717, 1.165) is 25.3 Å². The van der Waals surface area contributed by atoms with Gasteiger partial charge in [0.15, 0.2) is 0 Å². The number of aromatic nitrogens is 1. The van der Waals surface area contributed by atoms with Gasteiger partial charge in [0.05, 0.1) is 12.6 Å². The highest BCUT2D eigenvalue weighted by molar-refractivity contribution is 5.80. The fraction of sp³-hybridized carbons (Fsp3) is 0.286. The third-order valence-corrected chi connectivity index (χ3v) is 3.28. The number of nitrogens with zero attached hydrogens (tertiary/aromatic N) is 1. The summed E-state index contributed by atoms with van der Waals surface area (Å²) in [6.45, 7) is 2.03. The highest BCUT2D eigenvalue weighted by Crippen LogP contribution is 2.27. The van der Waals surface area contributed by atoms with Crippen molar-refractivity contribution in [2.45, 2.75) is 6.42 Å². The number of hydrogen-bond donors (Lipinski definition) is 1. The summed E-state index contributed by atoms with van der Waals surface area (Å²) in [5.41, 5.74) is 3.97. The second kappa shape index (κ2) is 4.26. The van der Waals surface area contributed by atoms with Crippen LogP contribution in [0.3, 0.4) is 0 Å². The Bertz CT molecular complexity index is 569. The first-order valence-corrected chi connectivity index (χ1v) is 5.93. The van der Waals surface area contributed by atoms with E-state index < -0.39 is 0 Å². The summed E-state index contributed by atoms with van der Waals surface area (Å²) in [4.78, 5) is 0. The molecule has 88 valence electrons. The van der Waals surface area contributed by atoms with Gasteiger partial charge in [-0.3, -0.25) is 0 Å². The van der Waals surface area contributed by atoms with Gasteiger partial charge in [-0.15, -0.1) is 0 Å². The van der Waals surface area contributed by atoms with Crippen LogP contribution in [-0.4, -0.2) is 24.6 Å². The quantitative estimate of drug-likeness (QED) is 0.853. The lowest BCUT2D eigenvalue weighted by Gasteiger charge is -2.13. The summed E-state index contributed by atoms with van der Waals surface area (Å²) in [7, 11) is 1.71. The van der Waals surface area contributed by atoms with Gasteiger partial charge in [0.25, 0.3) is 0 Å². The Labute approximate surface area is 101 Å².